The molecule has 7 heteroatoms. The van der Waals surface area contributed by atoms with Gasteiger partial charge in [-0.05, 0) is 31.9 Å². The van der Waals surface area contributed by atoms with E-state index in [1.807, 2.05) is 6.92 Å². The van der Waals surface area contributed by atoms with E-state index in [0.717, 1.165) is 12.5 Å². The van der Waals surface area contributed by atoms with E-state index in [9.17, 15) is 18.4 Å². The normalized spacial score (nSPS) is 21.3. The number of benzene rings is 1. The van der Waals surface area contributed by atoms with Gasteiger partial charge >= 0.3 is 0 Å². The summed E-state index contributed by atoms with van der Waals surface area (Å²) in [7, 11) is 0. The first-order valence-corrected chi connectivity index (χ1v) is 6.75. The van der Waals surface area contributed by atoms with Gasteiger partial charge in [-0.1, -0.05) is 6.92 Å². The van der Waals surface area contributed by atoms with Crippen molar-refractivity contribution >= 4 is 17.5 Å². The standard InChI is InChI=1S/C14H17F2N3O2/c1-2-14(4-3-5-18-14)13(21)19-11-6-8(12(17)20)9(15)7-10(11)16/h6-7,18H,2-5H2,1H3,(H2,17,20)(H,19,21). The first kappa shape index (κ1) is 15.4. The van der Waals surface area contributed by atoms with Gasteiger partial charge in [-0.25, -0.2) is 8.78 Å². The number of carbonyl (C=O) groups is 2. The van der Waals surface area contributed by atoms with Crippen molar-refractivity contribution < 1.29 is 18.4 Å². The van der Waals surface area contributed by atoms with Crippen molar-refractivity contribution in [1.29, 1.82) is 0 Å². The molecule has 1 aliphatic rings. The van der Waals surface area contributed by atoms with E-state index in [0.29, 0.717) is 25.5 Å². The van der Waals surface area contributed by atoms with E-state index >= 15 is 0 Å². The molecule has 2 rings (SSSR count). The van der Waals surface area contributed by atoms with Gasteiger partial charge in [0, 0.05) is 6.07 Å². The fourth-order valence-electron chi connectivity index (χ4n) is 2.54. The first-order valence-electron chi connectivity index (χ1n) is 6.75. The molecule has 0 aromatic heterocycles. The van der Waals surface area contributed by atoms with E-state index in [1.165, 1.54) is 0 Å². The van der Waals surface area contributed by atoms with Crippen molar-refractivity contribution in [3.05, 3.63) is 29.3 Å². The molecule has 0 spiro atoms. The Morgan fingerprint density at radius 2 is 2.10 bits per heavy atom. The van der Waals surface area contributed by atoms with Crippen molar-refractivity contribution in [3.63, 3.8) is 0 Å². The average Bonchev–Trinajstić information content (AvgIpc) is 2.91. The number of nitrogens with one attached hydrogen (secondary N) is 2. The van der Waals surface area contributed by atoms with Crippen molar-refractivity contribution in [2.75, 3.05) is 11.9 Å². The van der Waals surface area contributed by atoms with Gasteiger partial charge < -0.3 is 16.4 Å². The lowest BCUT2D eigenvalue weighted by atomic mass is 9.93. The van der Waals surface area contributed by atoms with Crippen LogP contribution >= 0.6 is 0 Å². The Morgan fingerprint density at radius 3 is 2.62 bits per heavy atom. The SMILES string of the molecule is CCC1(C(=O)Nc2cc(C(N)=O)c(F)cc2F)CCCN1. The molecule has 0 saturated carbocycles. The van der Waals surface area contributed by atoms with Crippen molar-refractivity contribution in [3.8, 4) is 0 Å². The maximum Gasteiger partial charge on any atom is 0.251 e. The van der Waals surface area contributed by atoms with Gasteiger partial charge in [-0.15, -0.1) is 0 Å². The third-order valence-corrected chi connectivity index (χ3v) is 3.85. The van der Waals surface area contributed by atoms with E-state index in [-0.39, 0.29) is 5.69 Å². The van der Waals surface area contributed by atoms with Gasteiger partial charge in [0.25, 0.3) is 5.91 Å². The van der Waals surface area contributed by atoms with E-state index in [1.54, 1.807) is 0 Å². The molecule has 4 N–H and O–H groups in total. The molecule has 0 aliphatic carbocycles. The number of nitrogens with two attached hydrogens (primary N) is 1. The molecule has 1 atom stereocenters. The molecule has 114 valence electrons. The number of anilines is 1. The van der Waals surface area contributed by atoms with Crippen LogP contribution in [0.1, 0.15) is 36.5 Å². The Kier molecular flexibility index (Phi) is 4.22. The second-order valence-electron chi connectivity index (χ2n) is 5.10. The smallest absolute Gasteiger partial charge is 0.251 e. The molecule has 1 fully saturated rings. The van der Waals surface area contributed by atoms with E-state index in [2.05, 4.69) is 10.6 Å². The minimum Gasteiger partial charge on any atom is -0.366 e. The Bertz CT molecular complexity index is 584. The van der Waals surface area contributed by atoms with Gasteiger partial charge in [-0.2, -0.15) is 0 Å². The fourth-order valence-corrected chi connectivity index (χ4v) is 2.54. The molecule has 1 aromatic carbocycles. The number of halogens is 2. The Labute approximate surface area is 120 Å². The van der Waals surface area contributed by atoms with Crippen LogP contribution in [0, 0.1) is 11.6 Å². The molecule has 2 amide bonds. The molecule has 1 heterocycles. The topological polar surface area (TPSA) is 84.2 Å². The average molecular weight is 297 g/mol. The summed E-state index contributed by atoms with van der Waals surface area (Å²) in [5.41, 5.74) is 3.54. The van der Waals surface area contributed by atoms with Crippen LogP contribution in [-0.2, 0) is 4.79 Å². The number of rotatable bonds is 4. The zero-order valence-electron chi connectivity index (χ0n) is 11.6. The highest BCUT2D eigenvalue weighted by atomic mass is 19.1. The van der Waals surface area contributed by atoms with E-state index in [4.69, 9.17) is 5.73 Å². The van der Waals surface area contributed by atoms with Crippen LogP contribution in [0.4, 0.5) is 14.5 Å². The third-order valence-electron chi connectivity index (χ3n) is 3.85. The maximum absolute atomic E-state index is 13.7. The summed E-state index contributed by atoms with van der Waals surface area (Å²) in [5, 5.41) is 5.52. The summed E-state index contributed by atoms with van der Waals surface area (Å²) in [6.07, 6.45) is 2.03. The third kappa shape index (κ3) is 2.87. The van der Waals surface area contributed by atoms with Crippen LogP contribution in [0.25, 0.3) is 0 Å². The van der Waals surface area contributed by atoms with Crippen LogP contribution in [0.2, 0.25) is 0 Å². The number of primary amides is 1. The number of amides is 2. The molecule has 0 bridgehead atoms. The molecule has 1 unspecified atom stereocenters. The van der Waals surface area contributed by atoms with Crippen LogP contribution in [0.3, 0.4) is 0 Å². The predicted molar refractivity (Wildman–Crippen MR) is 73.8 cm³/mol. The lowest BCUT2D eigenvalue weighted by Gasteiger charge is -2.26. The first-order chi connectivity index (χ1) is 9.89. The van der Waals surface area contributed by atoms with Crippen molar-refractivity contribution in [1.82, 2.24) is 5.32 Å². The Morgan fingerprint density at radius 1 is 1.38 bits per heavy atom. The quantitative estimate of drug-likeness (QED) is 0.788. The highest BCUT2D eigenvalue weighted by molar-refractivity contribution is 6.00. The number of carbonyl (C=O) groups excluding carboxylic acids is 2. The highest BCUT2D eigenvalue weighted by Gasteiger charge is 2.39. The van der Waals surface area contributed by atoms with Crippen LogP contribution < -0.4 is 16.4 Å². The molecule has 5 nitrogen and oxygen atoms in total. The maximum atomic E-state index is 13.7. The summed E-state index contributed by atoms with van der Waals surface area (Å²) in [5.74, 6) is -3.42. The zero-order valence-corrected chi connectivity index (χ0v) is 11.6. The molecule has 21 heavy (non-hydrogen) atoms. The van der Waals surface area contributed by atoms with Crippen molar-refractivity contribution in [2.24, 2.45) is 5.73 Å². The van der Waals surface area contributed by atoms with Gasteiger partial charge in [0.1, 0.15) is 11.6 Å². The fraction of sp³-hybridized carbons (Fsp3) is 0.429. The van der Waals surface area contributed by atoms with Crippen LogP contribution in [0.15, 0.2) is 12.1 Å². The highest BCUT2D eigenvalue weighted by Crippen LogP contribution is 2.26. The summed E-state index contributed by atoms with van der Waals surface area (Å²) < 4.78 is 27.1. The largest absolute Gasteiger partial charge is 0.366 e. The van der Waals surface area contributed by atoms with Gasteiger partial charge in [0.05, 0.1) is 16.8 Å². The number of hydrogen-bond acceptors (Lipinski definition) is 3. The molecule has 1 saturated heterocycles. The monoisotopic (exact) mass is 297 g/mol. The lowest BCUT2D eigenvalue weighted by Crippen LogP contribution is -2.50. The summed E-state index contributed by atoms with van der Waals surface area (Å²) in [6.45, 7) is 2.56. The second kappa shape index (κ2) is 5.77. The molecule has 1 aliphatic heterocycles. The van der Waals surface area contributed by atoms with Crippen LogP contribution in [-0.4, -0.2) is 23.9 Å². The molecule has 1 aromatic rings. The molecular formula is C14H17F2N3O2. The summed E-state index contributed by atoms with van der Waals surface area (Å²) in [6, 6.07) is 1.46. The van der Waals surface area contributed by atoms with Gasteiger partial charge in [0.15, 0.2) is 0 Å². The zero-order chi connectivity index (χ0) is 15.6. The number of hydrogen-bond donors (Lipinski definition) is 3. The molecule has 0 radical (unpaired) electrons. The van der Waals surface area contributed by atoms with Crippen LogP contribution in [0.5, 0.6) is 0 Å². The lowest BCUT2D eigenvalue weighted by molar-refractivity contribution is -0.122. The predicted octanol–water partition coefficient (Wildman–Crippen LogP) is 1.53. The van der Waals surface area contributed by atoms with Crippen molar-refractivity contribution in [2.45, 2.75) is 31.7 Å². The summed E-state index contributed by atoms with van der Waals surface area (Å²) in [4.78, 5) is 23.4. The van der Waals surface area contributed by atoms with Gasteiger partial charge in [0.2, 0.25) is 5.91 Å². The summed E-state index contributed by atoms with van der Waals surface area (Å²) >= 11 is 0. The second-order valence-corrected chi connectivity index (χ2v) is 5.10. The Hall–Kier alpha value is -2.02. The Balaban J connectivity index is 2.29. The molecular weight excluding hydrogens is 280 g/mol. The minimum absolute atomic E-state index is 0.253. The van der Waals surface area contributed by atoms with E-state index < -0.39 is 34.6 Å². The minimum atomic E-state index is -1.05. The van der Waals surface area contributed by atoms with Gasteiger partial charge in [-0.3, -0.25) is 9.59 Å².